The molecule has 5 heteroatoms. The monoisotopic (exact) mass is 258 g/mol. The van der Waals surface area contributed by atoms with Crippen molar-refractivity contribution in [1.29, 1.82) is 0 Å². The Morgan fingerprint density at radius 1 is 1.38 bits per heavy atom. The van der Waals surface area contributed by atoms with E-state index in [-0.39, 0.29) is 0 Å². The predicted octanol–water partition coefficient (Wildman–Crippen LogP) is 2.50. The van der Waals surface area contributed by atoms with Crippen molar-refractivity contribution in [1.82, 2.24) is 0 Å². The zero-order chi connectivity index (χ0) is 11.8. The third-order valence-corrected chi connectivity index (χ3v) is 4.15. The van der Waals surface area contributed by atoms with Crippen LogP contribution in [0.25, 0.3) is 5.57 Å². The van der Waals surface area contributed by atoms with Gasteiger partial charge in [-0.25, -0.2) is 8.42 Å². The first-order valence-electron chi connectivity index (χ1n) is 4.88. The first-order valence-corrected chi connectivity index (χ1v) is 6.80. The highest BCUT2D eigenvalue weighted by Gasteiger charge is 2.26. The van der Waals surface area contributed by atoms with Gasteiger partial charge in [0.15, 0.2) is 0 Å². The van der Waals surface area contributed by atoms with Gasteiger partial charge >= 0.3 is 0 Å². The Labute approximate surface area is 99.6 Å². The van der Waals surface area contributed by atoms with Crippen LogP contribution < -0.4 is 0 Å². The summed E-state index contributed by atoms with van der Waals surface area (Å²) in [6.45, 7) is 2.71. The predicted molar refractivity (Wildman–Crippen MR) is 63.1 cm³/mol. The Morgan fingerprint density at radius 2 is 2.12 bits per heavy atom. The third kappa shape index (κ3) is 2.00. The Balaban J connectivity index is 2.49. The number of hydrogen-bond donors (Lipinski definition) is 0. The standard InChI is InChI=1S/C11H11ClO3S/c1-2-15-6-8-7-16(13,14)11-4-3-9(12)5-10(8)11/h3-5,7H,2,6H2,1H3. The van der Waals surface area contributed by atoms with Crippen molar-refractivity contribution in [3.63, 3.8) is 0 Å². The number of fused-ring (bicyclic) bond motifs is 1. The van der Waals surface area contributed by atoms with Crippen LogP contribution in [0.4, 0.5) is 0 Å². The van der Waals surface area contributed by atoms with Crippen LogP contribution in [-0.2, 0) is 14.6 Å². The minimum Gasteiger partial charge on any atom is -0.377 e. The SMILES string of the molecule is CCOCC1=CS(=O)(=O)c2ccc(Cl)cc21. The minimum absolute atomic E-state index is 0.295. The lowest BCUT2D eigenvalue weighted by Gasteiger charge is -2.04. The van der Waals surface area contributed by atoms with Crippen LogP contribution in [0.1, 0.15) is 12.5 Å². The van der Waals surface area contributed by atoms with Gasteiger partial charge in [-0.1, -0.05) is 11.6 Å². The van der Waals surface area contributed by atoms with E-state index in [1.54, 1.807) is 12.1 Å². The van der Waals surface area contributed by atoms with Crippen molar-refractivity contribution in [2.75, 3.05) is 13.2 Å². The van der Waals surface area contributed by atoms with E-state index in [4.69, 9.17) is 16.3 Å². The van der Waals surface area contributed by atoms with Crippen LogP contribution in [-0.4, -0.2) is 21.6 Å². The molecule has 0 amide bonds. The average Bonchev–Trinajstić information content (AvgIpc) is 2.47. The van der Waals surface area contributed by atoms with Gasteiger partial charge in [-0.15, -0.1) is 0 Å². The van der Waals surface area contributed by atoms with Gasteiger partial charge in [0.2, 0.25) is 9.84 Å². The molecule has 1 heterocycles. The van der Waals surface area contributed by atoms with Gasteiger partial charge in [0.25, 0.3) is 0 Å². The number of halogens is 1. The highest BCUT2D eigenvalue weighted by atomic mass is 35.5. The molecular formula is C11H11ClO3S. The normalized spacial score (nSPS) is 17.0. The molecule has 0 aromatic heterocycles. The molecule has 0 saturated carbocycles. The van der Waals surface area contributed by atoms with Crippen LogP contribution in [0.5, 0.6) is 0 Å². The molecule has 0 fully saturated rings. The topological polar surface area (TPSA) is 43.4 Å². The van der Waals surface area contributed by atoms with E-state index in [9.17, 15) is 8.42 Å². The zero-order valence-electron chi connectivity index (χ0n) is 8.73. The van der Waals surface area contributed by atoms with Crippen molar-refractivity contribution in [2.24, 2.45) is 0 Å². The maximum Gasteiger partial charge on any atom is 0.200 e. The summed E-state index contributed by atoms with van der Waals surface area (Å²) in [5.41, 5.74) is 1.32. The Morgan fingerprint density at radius 3 is 2.81 bits per heavy atom. The highest BCUT2D eigenvalue weighted by molar-refractivity contribution is 7.95. The van der Waals surface area contributed by atoms with Gasteiger partial charge in [-0.2, -0.15) is 0 Å². The van der Waals surface area contributed by atoms with Crippen molar-refractivity contribution in [3.05, 3.63) is 34.2 Å². The van der Waals surface area contributed by atoms with E-state index in [2.05, 4.69) is 0 Å². The Bertz CT molecular complexity index is 546. The molecule has 16 heavy (non-hydrogen) atoms. The number of rotatable bonds is 3. The summed E-state index contributed by atoms with van der Waals surface area (Å²) < 4.78 is 28.8. The summed E-state index contributed by atoms with van der Waals surface area (Å²) in [5, 5.41) is 1.78. The van der Waals surface area contributed by atoms with Gasteiger partial charge in [-0.3, -0.25) is 0 Å². The summed E-state index contributed by atoms with van der Waals surface area (Å²) in [4.78, 5) is 0.312. The van der Waals surface area contributed by atoms with E-state index >= 15 is 0 Å². The van der Waals surface area contributed by atoms with E-state index in [1.165, 1.54) is 11.5 Å². The van der Waals surface area contributed by atoms with E-state index in [0.29, 0.717) is 34.3 Å². The first kappa shape index (κ1) is 11.6. The fourth-order valence-electron chi connectivity index (χ4n) is 1.64. The summed E-state index contributed by atoms with van der Waals surface area (Å²) in [6, 6.07) is 4.77. The number of benzene rings is 1. The Hall–Kier alpha value is -0.840. The molecule has 2 rings (SSSR count). The van der Waals surface area contributed by atoms with Crippen LogP contribution in [0, 0.1) is 0 Å². The van der Waals surface area contributed by atoms with Crippen LogP contribution in [0.15, 0.2) is 28.5 Å². The summed E-state index contributed by atoms with van der Waals surface area (Å²) in [6.07, 6.45) is 0. The zero-order valence-corrected chi connectivity index (χ0v) is 10.3. The Kier molecular flexibility index (Phi) is 3.06. The molecule has 0 atom stereocenters. The molecule has 3 nitrogen and oxygen atoms in total. The molecule has 0 spiro atoms. The lowest BCUT2D eigenvalue weighted by Crippen LogP contribution is -1.96. The van der Waals surface area contributed by atoms with E-state index in [0.717, 1.165) is 0 Å². The molecule has 0 unspecified atom stereocenters. The van der Waals surface area contributed by atoms with Crippen LogP contribution in [0.2, 0.25) is 5.02 Å². The van der Waals surface area contributed by atoms with Gasteiger partial charge in [0.05, 0.1) is 11.5 Å². The van der Waals surface area contributed by atoms with Crippen molar-refractivity contribution >= 4 is 27.0 Å². The van der Waals surface area contributed by atoms with Gasteiger partial charge in [0, 0.05) is 22.6 Å². The van der Waals surface area contributed by atoms with E-state index < -0.39 is 9.84 Å². The molecule has 0 N–H and O–H groups in total. The molecule has 1 aromatic rings. The second-order valence-electron chi connectivity index (χ2n) is 3.47. The molecule has 1 aromatic carbocycles. The largest absolute Gasteiger partial charge is 0.377 e. The second kappa shape index (κ2) is 4.20. The van der Waals surface area contributed by atoms with Crippen molar-refractivity contribution in [3.8, 4) is 0 Å². The molecule has 0 radical (unpaired) electrons. The molecule has 1 aliphatic rings. The average molecular weight is 259 g/mol. The molecular weight excluding hydrogens is 248 g/mol. The second-order valence-corrected chi connectivity index (χ2v) is 5.67. The number of ether oxygens (including phenoxy) is 1. The van der Waals surface area contributed by atoms with Crippen molar-refractivity contribution in [2.45, 2.75) is 11.8 Å². The molecule has 0 aliphatic carbocycles. The summed E-state index contributed by atoms with van der Waals surface area (Å²) >= 11 is 5.85. The van der Waals surface area contributed by atoms with Crippen LogP contribution >= 0.6 is 11.6 Å². The van der Waals surface area contributed by atoms with Gasteiger partial charge in [-0.05, 0) is 30.7 Å². The number of hydrogen-bond acceptors (Lipinski definition) is 3. The fraction of sp³-hybridized carbons (Fsp3) is 0.273. The minimum atomic E-state index is -3.30. The van der Waals surface area contributed by atoms with Gasteiger partial charge < -0.3 is 4.74 Å². The fourth-order valence-corrected chi connectivity index (χ4v) is 3.26. The maximum atomic E-state index is 11.8. The molecule has 1 aliphatic heterocycles. The lowest BCUT2D eigenvalue weighted by atomic mass is 10.1. The molecule has 0 bridgehead atoms. The van der Waals surface area contributed by atoms with Gasteiger partial charge in [0.1, 0.15) is 0 Å². The molecule has 0 saturated heterocycles. The summed E-state index contributed by atoms with van der Waals surface area (Å²) in [7, 11) is -3.30. The highest BCUT2D eigenvalue weighted by Crippen LogP contribution is 2.35. The van der Waals surface area contributed by atoms with E-state index in [1.807, 2.05) is 6.92 Å². The van der Waals surface area contributed by atoms with Crippen LogP contribution in [0.3, 0.4) is 0 Å². The number of sulfone groups is 1. The smallest absolute Gasteiger partial charge is 0.200 e. The quantitative estimate of drug-likeness (QED) is 0.837. The third-order valence-electron chi connectivity index (χ3n) is 2.35. The maximum absolute atomic E-state index is 11.8. The molecule has 86 valence electrons. The van der Waals surface area contributed by atoms with Crippen molar-refractivity contribution < 1.29 is 13.2 Å². The first-order chi connectivity index (χ1) is 7.54. The summed E-state index contributed by atoms with van der Waals surface area (Å²) in [5.74, 6) is 0. The lowest BCUT2D eigenvalue weighted by molar-refractivity contribution is 0.182.